The van der Waals surface area contributed by atoms with E-state index in [0.717, 1.165) is 5.56 Å². The van der Waals surface area contributed by atoms with Crippen molar-refractivity contribution in [3.05, 3.63) is 89.0 Å². The van der Waals surface area contributed by atoms with Gasteiger partial charge < -0.3 is 19.3 Å². The van der Waals surface area contributed by atoms with Gasteiger partial charge in [-0.2, -0.15) is 0 Å². The number of ketones is 1. The van der Waals surface area contributed by atoms with Gasteiger partial charge in [-0.25, -0.2) is 0 Å². The van der Waals surface area contributed by atoms with Crippen LogP contribution in [0.2, 0.25) is 0 Å². The molecule has 34 heavy (non-hydrogen) atoms. The van der Waals surface area contributed by atoms with Crippen LogP contribution in [0.15, 0.2) is 72.3 Å². The van der Waals surface area contributed by atoms with Crippen molar-refractivity contribution in [1.82, 2.24) is 0 Å². The third-order valence-corrected chi connectivity index (χ3v) is 5.85. The molecule has 0 aromatic heterocycles. The van der Waals surface area contributed by atoms with Gasteiger partial charge in [-0.05, 0) is 55.0 Å². The fourth-order valence-electron chi connectivity index (χ4n) is 4.04. The summed E-state index contributed by atoms with van der Waals surface area (Å²) in [6.45, 7) is 1.94. The smallest absolute Gasteiger partial charge is 0.300 e. The number of aryl methyl sites for hydroxylation is 1. The second-order valence-electron chi connectivity index (χ2n) is 7.85. The van der Waals surface area contributed by atoms with Crippen LogP contribution in [0, 0.1) is 6.92 Å². The molecule has 3 aromatic rings. The summed E-state index contributed by atoms with van der Waals surface area (Å²) in [6, 6.07) is 18.3. The first kappa shape index (κ1) is 22.9. The molecule has 1 atom stereocenters. The maximum Gasteiger partial charge on any atom is 0.300 e. The molecule has 1 amide bonds. The molecular formula is C27H25NO6. The van der Waals surface area contributed by atoms with Gasteiger partial charge in [-0.15, -0.1) is 0 Å². The molecule has 4 rings (SSSR count). The molecular weight excluding hydrogens is 434 g/mol. The van der Waals surface area contributed by atoms with Crippen LogP contribution in [-0.4, -0.2) is 38.1 Å². The maximum absolute atomic E-state index is 13.3. The summed E-state index contributed by atoms with van der Waals surface area (Å²) in [6.07, 6.45) is 0. The maximum atomic E-state index is 13.3. The Hall–Kier alpha value is -4.26. The van der Waals surface area contributed by atoms with E-state index in [0.29, 0.717) is 34.1 Å². The zero-order valence-electron chi connectivity index (χ0n) is 19.4. The van der Waals surface area contributed by atoms with Crippen molar-refractivity contribution in [3.63, 3.8) is 0 Å². The molecule has 1 heterocycles. The average Bonchev–Trinajstić information content (AvgIpc) is 3.13. The molecule has 0 radical (unpaired) electrons. The zero-order valence-corrected chi connectivity index (χ0v) is 19.4. The van der Waals surface area contributed by atoms with E-state index in [4.69, 9.17) is 14.2 Å². The van der Waals surface area contributed by atoms with E-state index in [-0.39, 0.29) is 11.3 Å². The molecule has 0 bridgehead atoms. The van der Waals surface area contributed by atoms with E-state index < -0.39 is 17.7 Å². The van der Waals surface area contributed by atoms with Gasteiger partial charge in [0.25, 0.3) is 11.7 Å². The normalized spacial score (nSPS) is 17.1. The molecule has 1 unspecified atom stereocenters. The molecule has 174 valence electrons. The average molecular weight is 459 g/mol. The Bertz CT molecular complexity index is 1260. The third kappa shape index (κ3) is 3.96. The Morgan fingerprint density at radius 3 is 2.06 bits per heavy atom. The second-order valence-corrected chi connectivity index (χ2v) is 7.85. The van der Waals surface area contributed by atoms with Crippen molar-refractivity contribution in [1.29, 1.82) is 0 Å². The highest BCUT2D eigenvalue weighted by molar-refractivity contribution is 6.51. The Morgan fingerprint density at radius 2 is 1.47 bits per heavy atom. The highest BCUT2D eigenvalue weighted by atomic mass is 16.5. The number of amides is 1. The number of Topliss-reactive ketones (excluding diaryl/α,β-unsaturated/α-hetero) is 1. The van der Waals surface area contributed by atoms with Crippen molar-refractivity contribution >= 4 is 23.1 Å². The van der Waals surface area contributed by atoms with Gasteiger partial charge in [0.05, 0.1) is 32.9 Å². The molecule has 3 aromatic carbocycles. The lowest BCUT2D eigenvalue weighted by molar-refractivity contribution is -0.132. The van der Waals surface area contributed by atoms with Crippen LogP contribution in [0.25, 0.3) is 5.76 Å². The number of methoxy groups -OCH3 is 3. The first-order valence-electron chi connectivity index (χ1n) is 10.6. The SMILES string of the molecule is COc1ccc(C2/C(=C(/O)c3ccc(OC)c(OC)c3)C(=O)C(=O)N2c2ccc(C)cc2)cc1. The lowest BCUT2D eigenvalue weighted by atomic mass is 9.95. The van der Waals surface area contributed by atoms with Gasteiger partial charge in [0.2, 0.25) is 0 Å². The van der Waals surface area contributed by atoms with Crippen molar-refractivity contribution in [2.45, 2.75) is 13.0 Å². The number of nitrogens with zero attached hydrogens (tertiary/aromatic N) is 1. The number of carbonyl (C=O) groups is 2. The Balaban J connectivity index is 1.92. The molecule has 7 nitrogen and oxygen atoms in total. The quantitative estimate of drug-likeness (QED) is 0.328. The fraction of sp³-hybridized carbons (Fsp3) is 0.185. The molecule has 1 aliphatic heterocycles. The first-order valence-corrected chi connectivity index (χ1v) is 10.6. The van der Waals surface area contributed by atoms with E-state index in [1.165, 1.54) is 19.1 Å². The number of carbonyl (C=O) groups excluding carboxylic acids is 2. The molecule has 1 aliphatic rings. The topological polar surface area (TPSA) is 85.3 Å². The molecule has 1 saturated heterocycles. The monoisotopic (exact) mass is 459 g/mol. The van der Waals surface area contributed by atoms with Gasteiger partial charge >= 0.3 is 0 Å². The number of hydrogen-bond acceptors (Lipinski definition) is 6. The number of benzene rings is 3. The molecule has 0 aliphatic carbocycles. The number of anilines is 1. The third-order valence-electron chi connectivity index (χ3n) is 5.85. The van der Waals surface area contributed by atoms with Gasteiger partial charge in [0.15, 0.2) is 11.5 Å². The number of aliphatic hydroxyl groups excluding tert-OH is 1. The number of hydrogen-bond donors (Lipinski definition) is 1. The van der Waals surface area contributed by atoms with Crippen LogP contribution in [0.4, 0.5) is 5.69 Å². The van der Waals surface area contributed by atoms with Crippen molar-refractivity contribution in [2.75, 3.05) is 26.2 Å². The molecule has 0 saturated carbocycles. The summed E-state index contributed by atoms with van der Waals surface area (Å²) < 4.78 is 15.9. The molecule has 1 N–H and O–H groups in total. The summed E-state index contributed by atoms with van der Waals surface area (Å²) in [7, 11) is 4.55. The van der Waals surface area contributed by atoms with Crippen LogP contribution in [0.3, 0.4) is 0 Å². The minimum Gasteiger partial charge on any atom is -0.507 e. The van der Waals surface area contributed by atoms with Crippen LogP contribution in [0.5, 0.6) is 17.2 Å². The molecule has 1 fully saturated rings. The molecule has 0 spiro atoms. The van der Waals surface area contributed by atoms with Crippen molar-refractivity contribution < 1.29 is 28.9 Å². The number of aliphatic hydroxyl groups is 1. The largest absolute Gasteiger partial charge is 0.507 e. The second kappa shape index (κ2) is 9.31. The summed E-state index contributed by atoms with van der Waals surface area (Å²) in [4.78, 5) is 27.9. The van der Waals surface area contributed by atoms with Crippen LogP contribution >= 0.6 is 0 Å². The minimum absolute atomic E-state index is 0.0111. The van der Waals surface area contributed by atoms with E-state index in [9.17, 15) is 14.7 Å². The number of rotatable bonds is 6. The van der Waals surface area contributed by atoms with Gasteiger partial charge in [0, 0.05) is 11.3 Å². The lowest BCUT2D eigenvalue weighted by Gasteiger charge is -2.25. The first-order chi connectivity index (χ1) is 16.4. The highest BCUT2D eigenvalue weighted by Gasteiger charge is 2.47. The minimum atomic E-state index is -0.832. The predicted molar refractivity (Wildman–Crippen MR) is 129 cm³/mol. The van der Waals surface area contributed by atoms with E-state index in [1.54, 1.807) is 61.7 Å². The summed E-state index contributed by atoms with van der Waals surface area (Å²) in [5, 5.41) is 11.3. The highest BCUT2D eigenvalue weighted by Crippen LogP contribution is 2.43. The summed E-state index contributed by atoms with van der Waals surface area (Å²) in [5.41, 5.74) is 2.55. The van der Waals surface area contributed by atoms with E-state index in [1.807, 2.05) is 19.1 Å². The predicted octanol–water partition coefficient (Wildman–Crippen LogP) is 4.65. The van der Waals surface area contributed by atoms with Gasteiger partial charge in [-0.1, -0.05) is 29.8 Å². The fourth-order valence-corrected chi connectivity index (χ4v) is 4.04. The Kier molecular flexibility index (Phi) is 6.27. The van der Waals surface area contributed by atoms with Crippen LogP contribution in [-0.2, 0) is 9.59 Å². The summed E-state index contributed by atoms with van der Waals surface area (Å²) >= 11 is 0. The standard InChI is InChI=1S/C27H25NO6/c1-16-5-10-19(11-6-16)28-24(17-7-12-20(32-2)13-8-17)23(26(30)27(28)31)25(29)18-9-14-21(33-3)22(15-18)34-4/h5-15,24,29H,1-4H3/b25-23-. The lowest BCUT2D eigenvalue weighted by Crippen LogP contribution is -2.29. The Morgan fingerprint density at radius 1 is 0.824 bits per heavy atom. The van der Waals surface area contributed by atoms with Gasteiger partial charge in [0.1, 0.15) is 11.5 Å². The van der Waals surface area contributed by atoms with Crippen LogP contribution in [0.1, 0.15) is 22.7 Å². The van der Waals surface area contributed by atoms with Crippen molar-refractivity contribution in [3.8, 4) is 17.2 Å². The Labute approximate surface area is 197 Å². The molecule has 7 heteroatoms. The number of ether oxygens (including phenoxy) is 3. The van der Waals surface area contributed by atoms with Crippen molar-refractivity contribution in [2.24, 2.45) is 0 Å². The van der Waals surface area contributed by atoms with E-state index in [2.05, 4.69) is 0 Å². The van der Waals surface area contributed by atoms with Crippen LogP contribution < -0.4 is 19.1 Å². The van der Waals surface area contributed by atoms with Gasteiger partial charge in [-0.3, -0.25) is 14.5 Å². The summed E-state index contributed by atoms with van der Waals surface area (Å²) in [5.74, 6) is -0.280. The zero-order chi connectivity index (χ0) is 24.4. The van der Waals surface area contributed by atoms with E-state index >= 15 is 0 Å².